The number of rotatable bonds is 10. The number of aromatic nitrogens is 1. The first-order chi connectivity index (χ1) is 20.3. The summed E-state index contributed by atoms with van der Waals surface area (Å²) in [5.41, 5.74) is 0.889. The highest BCUT2D eigenvalue weighted by Gasteiger charge is 2.45. The number of alkyl halides is 5. The average molecular weight is 622 g/mol. The van der Waals surface area contributed by atoms with Crippen LogP contribution in [0.4, 0.5) is 39.5 Å². The second-order valence-corrected chi connectivity index (χ2v) is 11.1. The van der Waals surface area contributed by atoms with E-state index in [-0.39, 0.29) is 42.5 Å². The van der Waals surface area contributed by atoms with Crippen molar-refractivity contribution in [2.75, 3.05) is 0 Å². The van der Waals surface area contributed by atoms with Gasteiger partial charge >= 0.3 is 12.5 Å². The van der Waals surface area contributed by atoms with E-state index >= 15 is 0 Å². The highest BCUT2D eigenvalue weighted by Crippen LogP contribution is 2.45. The fourth-order valence-electron chi connectivity index (χ4n) is 5.75. The van der Waals surface area contributed by atoms with Gasteiger partial charge < -0.3 is 9.47 Å². The summed E-state index contributed by atoms with van der Waals surface area (Å²) in [6.45, 7) is 2.06. The van der Waals surface area contributed by atoms with Crippen LogP contribution >= 0.6 is 0 Å². The van der Waals surface area contributed by atoms with E-state index in [2.05, 4.69) is 21.4 Å². The largest absolute Gasteiger partial charge is 0.573 e. The zero-order valence-electron chi connectivity index (χ0n) is 23.4. The van der Waals surface area contributed by atoms with Crippen molar-refractivity contribution < 1.29 is 49.0 Å². The maximum absolute atomic E-state index is 15.0. The van der Waals surface area contributed by atoms with Crippen LogP contribution in [-0.2, 0) is 6.42 Å². The topological polar surface area (TPSA) is 31.4 Å². The highest BCUT2D eigenvalue weighted by atomic mass is 19.4. The quantitative estimate of drug-likeness (QED) is 0.195. The van der Waals surface area contributed by atoms with Crippen molar-refractivity contribution in [1.82, 2.24) is 4.98 Å². The summed E-state index contributed by atoms with van der Waals surface area (Å²) in [6.07, 6.45) is 0.246. The minimum atomic E-state index is -5.37. The first-order valence-electron chi connectivity index (χ1n) is 14.3. The summed E-state index contributed by atoms with van der Waals surface area (Å²) in [5.74, 6) is -10.3. The Kier molecular flexibility index (Phi) is 10.4. The number of unbranched alkanes of at least 4 members (excludes halogenated alkanes) is 1. The van der Waals surface area contributed by atoms with E-state index < -0.39 is 59.1 Å². The van der Waals surface area contributed by atoms with E-state index in [0.29, 0.717) is 25.7 Å². The van der Waals surface area contributed by atoms with Crippen LogP contribution in [0, 0.1) is 35.3 Å². The molecule has 2 aliphatic rings. The summed E-state index contributed by atoms with van der Waals surface area (Å²) in [5, 5.41) is 0. The van der Waals surface area contributed by atoms with Gasteiger partial charge in [0.15, 0.2) is 17.5 Å². The molecule has 1 aromatic carbocycles. The molecule has 2 unspecified atom stereocenters. The second-order valence-electron chi connectivity index (χ2n) is 11.1. The number of ether oxygens (including phenoxy) is 2. The van der Waals surface area contributed by atoms with Crippen LogP contribution < -0.4 is 9.47 Å². The van der Waals surface area contributed by atoms with E-state index in [0.717, 1.165) is 24.8 Å². The van der Waals surface area contributed by atoms with Gasteiger partial charge in [0.25, 0.3) is 0 Å². The number of aryl methyl sites for hydroxylation is 1. The molecule has 0 N–H and O–H groups in total. The van der Waals surface area contributed by atoms with E-state index in [1.165, 1.54) is 6.07 Å². The summed E-state index contributed by atoms with van der Waals surface area (Å²) in [6, 6.07) is 3.63. The molecule has 1 saturated carbocycles. The zero-order chi connectivity index (χ0) is 31.4. The Morgan fingerprint density at radius 3 is 2.09 bits per heavy atom. The minimum absolute atomic E-state index is 0.0112. The SMILES string of the molecule is CCCCc1ccc(/C(F)=C(\F)C2C=CC(C3CCC(C(F)(F)Oc4cc(F)c(OC(F)(F)F)c(F)c4)CC3)CC2)nc1. The molecule has 0 amide bonds. The molecule has 236 valence electrons. The molecule has 2 aromatic rings. The van der Waals surface area contributed by atoms with Crippen LogP contribution in [0.25, 0.3) is 5.83 Å². The van der Waals surface area contributed by atoms with E-state index in [4.69, 9.17) is 0 Å². The van der Waals surface area contributed by atoms with Gasteiger partial charge in [-0.1, -0.05) is 31.6 Å². The minimum Gasteiger partial charge on any atom is -0.432 e. The molecule has 1 aromatic heterocycles. The summed E-state index contributed by atoms with van der Waals surface area (Å²) in [7, 11) is 0. The zero-order valence-corrected chi connectivity index (χ0v) is 23.4. The lowest BCUT2D eigenvalue weighted by atomic mass is 9.71. The summed E-state index contributed by atoms with van der Waals surface area (Å²) in [4.78, 5) is 4.06. The molecule has 0 aliphatic heterocycles. The number of hydrogen-bond donors (Lipinski definition) is 0. The standard InChI is InChI=1S/C31H32F9NO2/c1-2-3-4-18-5-14-26(41-17-18)28(35)27(34)21-8-6-19(7-9-21)20-10-12-22(13-11-20)30(36,37)42-23-15-24(32)29(25(33)16-23)43-31(38,39)40/h5-6,8,14-17,19-22H,2-4,7,9-13H2,1H3/b28-27+. The number of allylic oxidation sites excluding steroid dienone is 3. The molecule has 0 bridgehead atoms. The molecule has 43 heavy (non-hydrogen) atoms. The normalized spacial score (nSPS) is 23.6. The van der Waals surface area contributed by atoms with E-state index in [1.54, 1.807) is 24.4 Å². The predicted molar refractivity (Wildman–Crippen MR) is 141 cm³/mol. The Morgan fingerprint density at radius 1 is 0.884 bits per heavy atom. The molecule has 0 saturated heterocycles. The van der Waals surface area contributed by atoms with Crippen molar-refractivity contribution in [2.45, 2.75) is 77.2 Å². The Bertz CT molecular complexity index is 1280. The van der Waals surface area contributed by atoms with Crippen molar-refractivity contribution in [2.24, 2.45) is 23.7 Å². The molecule has 2 aliphatic carbocycles. The number of nitrogens with zero attached hydrogens (tertiary/aromatic N) is 1. The molecule has 4 rings (SSSR count). The average Bonchev–Trinajstić information content (AvgIpc) is 2.97. The van der Waals surface area contributed by atoms with Crippen LogP contribution in [0.3, 0.4) is 0 Å². The van der Waals surface area contributed by atoms with Gasteiger partial charge in [0.05, 0.1) is 5.92 Å². The van der Waals surface area contributed by atoms with Crippen molar-refractivity contribution in [3.8, 4) is 11.5 Å². The smallest absolute Gasteiger partial charge is 0.432 e. The van der Waals surface area contributed by atoms with Gasteiger partial charge in [-0.15, -0.1) is 13.2 Å². The number of benzene rings is 1. The highest BCUT2D eigenvalue weighted by molar-refractivity contribution is 5.58. The number of halogens is 9. The van der Waals surface area contributed by atoms with Gasteiger partial charge in [-0.25, -0.2) is 17.6 Å². The predicted octanol–water partition coefficient (Wildman–Crippen LogP) is 10.3. The first kappa shape index (κ1) is 32.7. The van der Waals surface area contributed by atoms with E-state index in [9.17, 15) is 39.5 Å². The fraction of sp³-hybridized carbons (Fsp3) is 0.516. The summed E-state index contributed by atoms with van der Waals surface area (Å²) < 4.78 is 132. The van der Waals surface area contributed by atoms with Gasteiger partial charge in [0, 0.05) is 24.2 Å². The third-order valence-electron chi connectivity index (χ3n) is 8.10. The molecule has 0 spiro atoms. The van der Waals surface area contributed by atoms with Gasteiger partial charge in [-0.05, 0) is 74.8 Å². The van der Waals surface area contributed by atoms with Crippen molar-refractivity contribution in [3.05, 3.63) is 71.3 Å². The molecule has 3 nitrogen and oxygen atoms in total. The lowest BCUT2D eigenvalue weighted by molar-refractivity contribution is -0.276. The maximum Gasteiger partial charge on any atom is 0.573 e. The summed E-state index contributed by atoms with van der Waals surface area (Å²) >= 11 is 0. The Morgan fingerprint density at radius 2 is 1.56 bits per heavy atom. The monoisotopic (exact) mass is 621 g/mol. The first-order valence-corrected chi connectivity index (χ1v) is 14.3. The van der Waals surface area contributed by atoms with Crippen LogP contribution in [0.15, 0.2) is 48.4 Å². The van der Waals surface area contributed by atoms with Gasteiger partial charge in [-0.2, -0.15) is 8.78 Å². The molecule has 1 heterocycles. The van der Waals surface area contributed by atoms with Crippen LogP contribution in [0.2, 0.25) is 0 Å². The van der Waals surface area contributed by atoms with Crippen LogP contribution in [0.5, 0.6) is 11.5 Å². The lowest BCUT2D eigenvalue weighted by Gasteiger charge is -2.37. The second kappa shape index (κ2) is 13.6. The van der Waals surface area contributed by atoms with Crippen LogP contribution in [-0.4, -0.2) is 17.5 Å². The Balaban J connectivity index is 1.32. The van der Waals surface area contributed by atoms with Crippen molar-refractivity contribution in [1.29, 1.82) is 0 Å². The van der Waals surface area contributed by atoms with E-state index in [1.807, 2.05) is 0 Å². The number of pyridine rings is 1. The maximum atomic E-state index is 15.0. The van der Waals surface area contributed by atoms with Gasteiger partial charge in [-0.3, -0.25) is 4.98 Å². The third kappa shape index (κ3) is 8.47. The molecular weight excluding hydrogens is 589 g/mol. The molecule has 0 radical (unpaired) electrons. The molecule has 2 atom stereocenters. The number of hydrogen-bond acceptors (Lipinski definition) is 3. The van der Waals surface area contributed by atoms with Crippen molar-refractivity contribution in [3.63, 3.8) is 0 Å². The molecule has 12 heteroatoms. The van der Waals surface area contributed by atoms with Crippen molar-refractivity contribution >= 4 is 5.83 Å². The Labute approximate surface area is 243 Å². The van der Waals surface area contributed by atoms with Crippen LogP contribution in [0.1, 0.15) is 69.5 Å². The Hall–Kier alpha value is -3.18. The van der Waals surface area contributed by atoms with Gasteiger partial charge in [0.2, 0.25) is 5.75 Å². The van der Waals surface area contributed by atoms with Gasteiger partial charge in [0.1, 0.15) is 17.3 Å². The molecule has 1 fully saturated rings. The fourth-order valence-corrected chi connectivity index (χ4v) is 5.75. The third-order valence-corrected chi connectivity index (χ3v) is 8.10. The molecular formula is C31H32F9NO2. The lowest BCUT2D eigenvalue weighted by Crippen LogP contribution is -2.38.